The van der Waals surface area contributed by atoms with Crippen LogP contribution >= 0.6 is 0 Å². The van der Waals surface area contributed by atoms with Gasteiger partial charge < -0.3 is 24.4 Å². The Labute approximate surface area is 159 Å². The fourth-order valence-corrected chi connectivity index (χ4v) is 3.15. The number of hydrogen-bond donors (Lipinski definition) is 1. The summed E-state index contributed by atoms with van der Waals surface area (Å²) in [6, 6.07) is 11.3. The molecule has 1 saturated heterocycles. The van der Waals surface area contributed by atoms with Crippen LogP contribution in [-0.2, 0) is 4.79 Å². The van der Waals surface area contributed by atoms with E-state index in [1.807, 2.05) is 12.1 Å². The second-order valence-electron chi connectivity index (χ2n) is 6.71. The molecule has 144 valence electrons. The van der Waals surface area contributed by atoms with Crippen LogP contribution in [0, 0.1) is 0 Å². The SMILES string of the molecule is CC(=O)N(CCNC(=O)c1ccco1)c1ccc(N2CCN(C)CC2)cc1. The molecule has 27 heavy (non-hydrogen) atoms. The molecule has 0 unspecified atom stereocenters. The van der Waals surface area contributed by atoms with E-state index in [1.54, 1.807) is 17.0 Å². The van der Waals surface area contributed by atoms with Gasteiger partial charge in [-0.1, -0.05) is 0 Å². The Bertz CT molecular complexity index is 750. The highest BCUT2D eigenvalue weighted by molar-refractivity contribution is 5.93. The van der Waals surface area contributed by atoms with Gasteiger partial charge in [-0.2, -0.15) is 0 Å². The van der Waals surface area contributed by atoms with Crippen molar-refractivity contribution in [1.82, 2.24) is 10.2 Å². The van der Waals surface area contributed by atoms with Crippen molar-refractivity contribution >= 4 is 23.2 Å². The van der Waals surface area contributed by atoms with Crippen LogP contribution in [0.15, 0.2) is 47.1 Å². The van der Waals surface area contributed by atoms with Gasteiger partial charge in [-0.25, -0.2) is 0 Å². The molecule has 3 rings (SSSR count). The molecule has 0 radical (unpaired) electrons. The predicted molar refractivity (Wildman–Crippen MR) is 105 cm³/mol. The molecule has 0 saturated carbocycles. The van der Waals surface area contributed by atoms with Gasteiger partial charge in [0.05, 0.1) is 6.26 Å². The van der Waals surface area contributed by atoms with Crippen molar-refractivity contribution < 1.29 is 14.0 Å². The lowest BCUT2D eigenvalue weighted by Crippen LogP contribution is -2.44. The summed E-state index contributed by atoms with van der Waals surface area (Å²) in [5.74, 6) is -0.0792. The van der Waals surface area contributed by atoms with Crippen molar-refractivity contribution in [3.63, 3.8) is 0 Å². The molecule has 0 bridgehead atoms. The summed E-state index contributed by atoms with van der Waals surface area (Å²) >= 11 is 0. The summed E-state index contributed by atoms with van der Waals surface area (Å²) in [5.41, 5.74) is 1.99. The van der Waals surface area contributed by atoms with E-state index in [4.69, 9.17) is 4.42 Å². The standard InChI is InChI=1S/C20H26N4O3/c1-16(25)24(10-9-21-20(26)19-4-3-15-27-19)18-7-5-17(6-8-18)23-13-11-22(2)12-14-23/h3-8,15H,9-14H2,1-2H3,(H,21,26). The van der Waals surface area contributed by atoms with Gasteiger partial charge >= 0.3 is 0 Å². The van der Waals surface area contributed by atoms with E-state index in [2.05, 4.69) is 34.3 Å². The summed E-state index contributed by atoms with van der Waals surface area (Å²) in [6.45, 7) is 6.39. The quantitative estimate of drug-likeness (QED) is 0.840. The number of likely N-dealkylation sites (N-methyl/N-ethyl adjacent to an activating group) is 1. The number of benzene rings is 1. The first-order chi connectivity index (χ1) is 13.0. The molecular formula is C20H26N4O3. The van der Waals surface area contributed by atoms with Gasteiger partial charge in [0, 0.05) is 57.6 Å². The maximum atomic E-state index is 12.1. The van der Waals surface area contributed by atoms with Crippen LogP contribution in [-0.4, -0.2) is 63.0 Å². The van der Waals surface area contributed by atoms with Crippen LogP contribution in [0.25, 0.3) is 0 Å². The Morgan fingerprint density at radius 3 is 2.41 bits per heavy atom. The molecule has 2 heterocycles. The van der Waals surface area contributed by atoms with Gasteiger partial charge in [-0.05, 0) is 43.4 Å². The number of anilines is 2. The molecule has 2 aromatic rings. The molecule has 1 N–H and O–H groups in total. The van der Waals surface area contributed by atoms with E-state index < -0.39 is 0 Å². The second kappa shape index (κ2) is 8.73. The van der Waals surface area contributed by atoms with Gasteiger partial charge in [-0.3, -0.25) is 9.59 Å². The molecule has 0 spiro atoms. The van der Waals surface area contributed by atoms with Crippen molar-refractivity contribution in [3.8, 4) is 0 Å². The smallest absolute Gasteiger partial charge is 0.287 e. The topological polar surface area (TPSA) is 69.0 Å². The number of carbonyl (C=O) groups excluding carboxylic acids is 2. The molecule has 7 nitrogen and oxygen atoms in total. The molecular weight excluding hydrogens is 344 g/mol. The second-order valence-corrected chi connectivity index (χ2v) is 6.71. The minimum Gasteiger partial charge on any atom is -0.459 e. The van der Waals surface area contributed by atoms with Crippen LogP contribution in [0.1, 0.15) is 17.5 Å². The normalized spacial score (nSPS) is 14.8. The number of nitrogens with zero attached hydrogens (tertiary/aromatic N) is 3. The molecule has 0 atom stereocenters. The monoisotopic (exact) mass is 370 g/mol. The van der Waals surface area contributed by atoms with Crippen LogP contribution < -0.4 is 15.1 Å². The number of carbonyl (C=O) groups is 2. The summed E-state index contributed by atoms with van der Waals surface area (Å²) in [7, 11) is 2.13. The molecule has 1 aromatic heterocycles. The summed E-state index contributed by atoms with van der Waals surface area (Å²) in [6.07, 6.45) is 1.46. The van der Waals surface area contributed by atoms with E-state index in [1.165, 1.54) is 18.9 Å². The molecule has 1 fully saturated rings. The highest BCUT2D eigenvalue weighted by Crippen LogP contribution is 2.22. The molecule has 1 aromatic carbocycles. The Kier molecular flexibility index (Phi) is 6.13. The molecule has 1 aliphatic rings. The van der Waals surface area contributed by atoms with Crippen LogP contribution in [0.5, 0.6) is 0 Å². The van der Waals surface area contributed by atoms with Crippen molar-refractivity contribution in [2.75, 3.05) is 56.1 Å². The van der Waals surface area contributed by atoms with Gasteiger partial charge in [0.2, 0.25) is 5.91 Å². The first kappa shape index (κ1) is 19.0. The number of piperazine rings is 1. The summed E-state index contributed by atoms with van der Waals surface area (Å²) in [4.78, 5) is 30.3. The molecule has 0 aliphatic carbocycles. The van der Waals surface area contributed by atoms with E-state index in [0.29, 0.717) is 13.1 Å². The van der Waals surface area contributed by atoms with Gasteiger partial charge in [0.1, 0.15) is 0 Å². The number of rotatable bonds is 6. The average Bonchev–Trinajstić information content (AvgIpc) is 3.21. The zero-order valence-corrected chi connectivity index (χ0v) is 15.9. The lowest BCUT2D eigenvalue weighted by Gasteiger charge is -2.34. The average molecular weight is 370 g/mol. The Morgan fingerprint density at radius 2 is 1.81 bits per heavy atom. The van der Waals surface area contributed by atoms with Gasteiger partial charge in [0.25, 0.3) is 5.91 Å². The Morgan fingerprint density at radius 1 is 1.11 bits per heavy atom. The molecule has 1 aliphatic heterocycles. The van der Waals surface area contributed by atoms with Crippen molar-refractivity contribution in [2.45, 2.75) is 6.92 Å². The van der Waals surface area contributed by atoms with Crippen LogP contribution in [0.2, 0.25) is 0 Å². The fraction of sp³-hybridized carbons (Fsp3) is 0.400. The van der Waals surface area contributed by atoms with Gasteiger partial charge in [0.15, 0.2) is 5.76 Å². The van der Waals surface area contributed by atoms with Crippen molar-refractivity contribution in [1.29, 1.82) is 0 Å². The lowest BCUT2D eigenvalue weighted by atomic mass is 10.2. The van der Waals surface area contributed by atoms with E-state index >= 15 is 0 Å². The minimum absolute atomic E-state index is 0.0606. The molecule has 2 amide bonds. The summed E-state index contributed by atoms with van der Waals surface area (Å²) in [5, 5.41) is 2.77. The maximum Gasteiger partial charge on any atom is 0.287 e. The van der Waals surface area contributed by atoms with Crippen LogP contribution in [0.4, 0.5) is 11.4 Å². The summed E-state index contributed by atoms with van der Waals surface area (Å²) < 4.78 is 5.06. The van der Waals surface area contributed by atoms with Crippen molar-refractivity contribution in [3.05, 3.63) is 48.4 Å². The predicted octanol–water partition coefficient (Wildman–Crippen LogP) is 1.81. The number of amides is 2. The van der Waals surface area contributed by atoms with Gasteiger partial charge in [-0.15, -0.1) is 0 Å². The zero-order valence-electron chi connectivity index (χ0n) is 15.9. The maximum absolute atomic E-state index is 12.1. The molecule has 7 heteroatoms. The highest BCUT2D eigenvalue weighted by Gasteiger charge is 2.16. The Balaban J connectivity index is 1.57. The number of hydrogen-bond acceptors (Lipinski definition) is 5. The van der Waals surface area contributed by atoms with Crippen molar-refractivity contribution in [2.24, 2.45) is 0 Å². The number of furan rings is 1. The third-order valence-corrected chi connectivity index (χ3v) is 4.78. The highest BCUT2D eigenvalue weighted by atomic mass is 16.3. The third kappa shape index (κ3) is 4.89. The van der Waals surface area contributed by atoms with E-state index in [0.717, 1.165) is 31.9 Å². The first-order valence-electron chi connectivity index (χ1n) is 9.18. The van der Waals surface area contributed by atoms with E-state index in [9.17, 15) is 9.59 Å². The first-order valence-corrected chi connectivity index (χ1v) is 9.18. The zero-order chi connectivity index (χ0) is 19.2. The van der Waals surface area contributed by atoms with E-state index in [-0.39, 0.29) is 17.6 Å². The third-order valence-electron chi connectivity index (χ3n) is 4.78. The number of nitrogens with one attached hydrogen (secondary N) is 1. The minimum atomic E-state index is -0.283. The lowest BCUT2D eigenvalue weighted by molar-refractivity contribution is -0.116. The Hall–Kier alpha value is -2.80. The van der Waals surface area contributed by atoms with Crippen LogP contribution in [0.3, 0.4) is 0 Å². The fourth-order valence-electron chi connectivity index (χ4n) is 3.15. The largest absolute Gasteiger partial charge is 0.459 e.